The number of hydrogen-bond acceptors (Lipinski definition) is 5. The van der Waals surface area contributed by atoms with Crippen LogP contribution in [0, 0.1) is 11.7 Å². The number of nitrogens with zero attached hydrogens (tertiary/aromatic N) is 1. The summed E-state index contributed by atoms with van der Waals surface area (Å²) in [6.45, 7) is 0.867. The molecule has 6 nitrogen and oxygen atoms in total. The number of ether oxygens (including phenoxy) is 3. The summed E-state index contributed by atoms with van der Waals surface area (Å²) in [6.07, 6.45) is 2.11. The number of methoxy groups -OCH3 is 2. The molecular formula is C27H26FNO5. The quantitative estimate of drug-likeness (QED) is 0.394. The van der Waals surface area contributed by atoms with Crippen LogP contribution < -0.4 is 9.47 Å². The lowest BCUT2D eigenvalue weighted by molar-refractivity contribution is 0.0600. The molecule has 0 unspecified atom stereocenters. The van der Waals surface area contributed by atoms with Crippen LogP contribution in [0.15, 0.2) is 66.7 Å². The molecule has 0 saturated heterocycles. The Morgan fingerprint density at radius 1 is 0.971 bits per heavy atom. The molecule has 176 valence electrons. The highest BCUT2D eigenvalue weighted by Gasteiger charge is 2.28. The second-order valence-electron chi connectivity index (χ2n) is 8.21. The van der Waals surface area contributed by atoms with Gasteiger partial charge in [-0.3, -0.25) is 4.79 Å². The van der Waals surface area contributed by atoms with E-state index in [-0.39, 0.29) is 17.2 Å². The van der Waals surface area contributed by atoms with Crippen LogP contribution in [0.3, 0.4) is 0 Å². The lowest BCUT2D eigenvalue weighted by atomic mass is 10.1. The highest BCUT2D eigenvalue weighted by Crippen LogP contribution is 2.33. The van der Waals surface area contributed by atoms with E-state index in [4.69, 9.17) is 14.2 Å². The maximum Gasteiger partial charge on any atom is 0.337 e. The van der Waals surface area contributed by atoms with E-state index in [1.54, 1.807) is 53.4 Å². The van der Waals surface area contributed by atoms with Crippen molar-refractivity contribution in [2.45, 2.75) is 19.4 Å². The van der Waals surface area contributed by atoms with Crippen molar-refractivity contribution in [2.24, 2.45) is 5.92 Å². The zero-order valence-electron chi connectivity index (χ0n) is 19.1. The Morgan fingerprint density at radius 3 is 2.29 bits per heavy atom. The zero-order valence-corrected chi connectivity index (χ0v) is 19.1. The highest BCUT2D eigenvalue weighted by atomic mass is 19.1. The minimum absolute atomic E-state index is 0.0146. The number of hydrogen-bond donors (Lipinski definition) is 0. The molecule has 1 saturated carbocycles. The minimum atomic E-state index is -0.653. The molecule has 0 spiro atoms. The molecule has 0 aromatic heterocycles. The second kappa shape index (κ2) is 10.4. The molecule has 0 bridgehead atoms. The fraction of sp³-hybridized carbons (Fsp3) is 0.259. The van der Waals surface area contributed by atoms with Gasteiger partial charge in [-0.05, 0) is 60.7 Å². The molecule has 34 heavy (non-hydrogen) atoms. The van der Waals surface area contributed by atoms with Crippen molar-refractivity contribution in [3.8, 4) is 17.2 Å². The first kappa shape index (κ1) is 23.3. The summed E-state index contributed by atoms with van der Waals surface area (Å²) < 4.78 is 30.8. The van der Waals surface area contributed by atoms with Gasteiger partial charge in [0, 0.05) is 19.2 Å². The summed E-state index contributed by atoms with van der Waals surface area (Å²) in [5, 5.41) is 0. The molecule has 1 fully saturated rings. The van der Waals surface area contributed by atoms with E-state index >= 15 is 4.39 Å². The molecule has 0 N–H and O–H groups in total. The van der Waals surface area contributed by atoms with Crippen molar-refractivity contribution >= 4 is 11.9 Å². The van der Waals surface area contributed by atoms with Crippen LogP contribution in [0.5, 0.6) is 17.2 Å². The van der Waals surface area contributed by atoms with Gasteiger partial charge in [-0.15, -0.1) is 0 Å². The smallest absolute Gasteiger partial charge is 0.337 e. The lowest BCUT2D eigenvalue weighted by Crippen LogP contribution is -2.33. The van der Waals surface area contributed by atoms with Gasteiger partial charge in [0.1, 0.15) is 11.6 Å². The van der Waals surface area contributed by atoms with Crippen LogP contribution in [0.1, 0.15) is 39.1 Å². The number of carbonyl (C=O) groups excluding carboxylic acids is 2. The summed E-state index contributed by atoms with van der Waals surface area (Å²) in [6, 6.07) is 18.2. The van der Waals surface area contributed by atoms with E-state index in [1.165, 1.54) is 26.4 Å². The van der Waals surface area contributed by atoms with Crippen LogP contribution in [0.4, 0.5) is 4.39 Å². The van der Waals surface area contributed by atoms with Crippen molar-refractivity contribution in [3.63, 3.8) is 0 Å². The average Bonchev–Trinajstić information content (AvgIpc) is 3.68. The molecule has 0 atom stereocenters. The van der Waals surface area contributed by atoms with Gasteiger partial charge in [0.05, 0.1) is 25.3 Å². The minimum Gasteiger partial charge on any atom is -0.493 e. The Kier molecular flexibility index (Phi) is 7.11. The SMILES string of the molecule is COC(=O)c1ccc(CN(CC2CC2)C(=O)c2ccc(Oc3ccccc3OC)cc2F)cc1. The Hall–Kier alpha value is -3.87. The molecule has 3 aromatic rings. The molecule has 7 heteroatoms. The Labute approximate surface area is 197 Å². The number of para-hydroxylation sites is 2. The first-order valence-corrected chi connectivity index (χ1v) is 11.1. The van der Waals surface area contributed by atoms with Gasteiger partial charge < -0.3 is 19.1 Å². The summed E-state index contributed by atoms with van der Waals surface area (Å²) >= 11 is 0. The molecule has 1 aliphatic rings. The van der Waals surface area contributed by atoms with Gasteiger partial charge in [0.25, 0.3) is 5.91 Å². The van der Waals surface area contributed by atoms with Gasteiger partial charge in [0.15, 0.2) is 11.5 Å². The monoisotopic (exact) mass is 463 g/mol. The van der Waals surface area contributed by atoms with Crippen molar-refractivity contribution in [2.75, 3.05) is 20.8 Å². The third-order valence-corrected chi connectivity index (χ3v) is 5.68. The van der Waals surface area contributed by atoms with E-state index in [9.17, 15) is 9.59 Å². The Bertz CT molecular complexity index is 1170. The third kappa shape index (κ3) is 5.54. The van der Waals surface area contributed by atoms with E-state index in [2.05, 4.69) is 0 Å². The molecule has 0 heterocycles. The first-order chi connectivity index (χ1) is 16.5. The number of esters is 1. The van der Waals surface area contributed by atoms with Crippen LogP contribution >= 0.6 is 0 Å². The highest BCUT2D eigenvalue weighted by molar-refractivity contribution is 5.94. The van der Waals surface area contributed by atoms with Crippen molar-refractivity contribution in [1.29, 1.82) is 0 Å². The number of halogens is 1. The number of amides is 1. The molecule has 0 aliphatic heterocycles. The summed E-state index contributed by atoms with van der Waals surface area (Å²) in [4.78, 5) is 26.6. The van der Waals surface area contributed by atoms with E-state index in [1.807, 2.05) is 6.07 Å². The second-order valence-corrected chi connectivity index (χ2v) is 8.21. The number of rotatable bonds is 9. The normalized spacial score (nSPS) is 12.7. The fourth-order valence-electron chi connectivity index (χ4n) is 3.65. The molecule has 1 amide bonds. The maximum absolute atomic E-state index is 15.0. The molecule has 4 rings (SSSR count). The molecule has 1 aliphatic carbocycles. The summed E-state index contributed by atoms with van der Waals surface area (Å²) in [5.41, 5.74) is 1.26. The van der Waals surface area contributed by atoms with Gasteiger partial charge in [-0.2, -0.15) is 0 Å². The standard InChI is InChI=1S/C27H26FNO5/c1-32-24-5-3-4-6-25(24)34-21-13-14-22(23(28)15-21)26(30)29(16-18-7-8-18)17-19-9-11-20(12-10-19)27(31)33-2/h3-6,9-15,18H,7-8,16-17H2,1-2H3. The topological polar surface area (TPSA) is 65.1 Å². The number of carbonyl (C=O) groups is 2. The fourth-order valence-corrected chi connectivity index (χ4v) is 3.65. The van der Waals surface area contributed by atoms with E-state index in [0.717, 1.165) is 18.4 Å². The lowest BCUT2D eigenvalue weighted by Gasteiger charge is -2.23. The van der Waals surface area contributed by atoms with Crippen LogP contribution in [0.2, 0.25) is 0 Å². The van der Waals surface area contributed by atoms with Crippen LogP contribution in [-0.4, -0.2) is 37.5 Å². The third-order valence-electron chi connectivity index (χ3n) is 5.68. The van der Waals surface area contributed by atoms with Gasteiger partial charge in [-0.25, -0.2) is 9.18 Å². The van der Waals surface area contributed by atoms with Crippen LogP contribution in [-0.2, 0) is 11.3 Å². The van der Waals surface area contributed by atoms with E-state index in [0.29, 0.717) is 36.1 Å². The van der Waals surface area contributed by atoms with E-state index < -0.39 is 11.8 Å². The summed E-state index contributed by atoms with van der Waals surface area (Å²) in [5.74, 6) is 0.214. The Morgan fingerprint density at radius 2 is 1.68 bits per heavy atom. The van der Waals surface area contributed by atoms with Gasteiger partial charge in [-0.1, -0.05) is 24.3 Å². The summed E-state index contributed by atoms with van der Waals surface area (Å²) in [7, 11) is 2.86. The molecule has 3 aromatic carbocycles. The molecular weight excluding hydrogens is 437 g/mol. The molecule has 0 radical (unpaired) electrons. The average molecular weight is 464 g/mol. The zero-order chi connectivity index (χ0) is 24.1. The Balaban J connectivity index is 1.51. The van der Waals surface area contributed by atoms with Crippen molar-refractivity contribution < 1.29 is 28.2 Å². The van der Waals surface area contributed by atoms with Gasteiger partial charge in [0.2, 0.25) is 0 Å². The van der Waals surface area contributed by atoms with Crippen LogP contribution in [0.25, 0.3) is 0 Å². The predicted molar refractivity (Wildman–Crippen MR) is 125 cm³/mol. The van der Waals surface area contributed by atoms with Gasteiger partial charge >= 0.3 is 5.97 Å². The largest absolute Gasteiger partial charge is 0.493 e. The maximum atomic E-state index is 15.0. The number of benzene rings is 3. The van der Waals surface area contributed by atoms with Crippen molar-refractivity contribution in [3.05, 3.63) is 89.2 Å². The predicted octanol–water partition coefficient (Wildman–Crippen LogP) is 5.47. The first-order valence-electron chi connectivity index (χ1n) is 11.1. The van der Waals surface area contributed by atoms with Crippen molar-refractivity contribution in [1.82, 2.24) is 4.90 Å².